The summed E-state index contributed by atoms with van der Waals surface area (Å²) >= 11 is 0. The Labute approximate surface area is 309 Å². The average molecular weight is 624 g/mol. The van der Waals surface area contributed by atoms with E-state index in [0.717, 1.165) is 6.07 Å². The van der Waals surface area contributed by atoms with Crippen molar-refractivity contribution in [3.05, 3.63) is 169 Å². The lowest BCUT2D eigenvalue weighted by Crippen LogP contribution is -1.92. The summed E-state index contributed by atoms with van der Waals surface area (Å²) < 4.78 is 248. The van der Waals surface area contributed by atoms with E-state index in [1.807, 2.05) is 0 Å². The molecule has 0 fully saturated rings. The van der Waals surface area contributed by atoms with Crippen LogP contribution in [0.5, 0.6) is 0 Å². The van der Waals surface area contributed by atoms with Crippen molar-refractivity contribution in [2.45, 2.75) is 0 Å². The van der Waals surface area contributed by atoms with Gasteiger partial charge in [0.05, 0.1) is 37.0 Å². The molecule has 0 bridgehead atoms. The molecule has 0 spiro atoms. The van der Waals surface area contributed by atoms with E-state index in [-0.39, 0.29) is 0 Å². The first-order valence-electron chi connectivity index (χ1n) is 27.5. The van der Waals surface area contributed by atoms with Crippen molar-refractivity contribution < 1.29 is 41.4 Å². The van der Waals surface area contributed by atoms with Crippen molar-refractivity contribution in [3.63, 3.8) is 0 Å². The maximum absolute atomic E-state index is 9.48. The lowest BCUT2D eigenvalue weighted by Gasteiger charge is -2.19. The molecular formula is C46H28O. The molecular weight excluding hydrogens is 569 g/mol. The minimum atomic E-state index is -0.987. The second-order valence-corrected chi connectivity index (χ2v) is 10.4. The van der Waals surface area contributed by atoms with Crippen LogP contribution in [0.1, 0.15) is 37.0 Å². The summed E-state index contributed by atoms with van der Waals surface area (Å²) in [4.78, 5) is 0. The van der Waals surface area contributed by atoms with Crippen LogP contribution in [0.15, 0.2) is 174 Å². The molecule has 9 aromatic carbocycles. The summed E-state index contributed by atoms with van der Waals surface area (Å²) in [5.41, 5.74) is -4.77. The monoisotopic (exact) mass is 623 g/mol. The molecule has 1 nitrogen and oxygen atoms in total. The van der Waals surface area contributed by atoms with Gasteiger partial charge in [0.2, 0.25) is 0 Å². The van der Waals surface area contributed by atoms with Gasteiger partial charge < -0.3 is 4.42 Å². The SMILES string of the molecule is [2H]c1c(-c2c3c([2H])c([2H])c([2H])c([2H])c3c(-c3c([2H])c([2H])c([2H])c4c([2H])c([2H])c([2H])c([2H])c34)c3c([2H])c([2H])c([2H])c([2H])c23)cc(-c2c([2H])c([2H])c([2H])c3oc4c5c([2H])c([2H])c([2H])c([2H])c5c([2H])c([2H])c4c23)c([2H])c1[2H]. The van der Waals surface area contributed by atoms with E-state index in [4.69, 9.17) is 27.7 Å². The van der Waals surface area contributed by atoms with Crippen LogP contribution in [0.4, 0.5) is 0 Å². The lowest BCUT2D eigenvalue weighted by atomic mass is 9.84. The smallest absolute Gasteiger partial charge is 0.143 e. The van der Waals surface area contributed by atoms with E-state index in [1.54, 1.807) is 0 Å². The molecule has 47 heavy (non-hydrogen) atoms. The topological polar surface area (TPSA) is 13.1 Å². The highest BCUT2D eigenvalue weighted by Crippen LogP contribution is 2.46. The first-order chi connectivity index (χ1) is 34.6. The van der Waals surface area contributed by atoms with E-state index in [1.165, 1.54) is 0 Å². The van der Waals surface area contributed by atoms with Crippen LogP contribution in [0.25, 0.3) is 98.4 Å². The molecule has 0 atom stereocenters. The largest absolute Gasteiger partial charge is 0.455 e. The van der Waals surface area contributed by atoms with Crippen LogP contribution in [0, 0.1) is 0 Å². The Kier molecular flexibility index (Phi) is 2.37. The third kappa shape index (κ3) is 3.90. The molecule has 0 aliphatic heterocycles. The van der Waals surface area contributed by atoms with Gasteiger partial charge in [-0.05, 0) is 89.2 Å². The summed E-state index contributed by atoms with van der Waals surface area (Å²) in [6, 6.07) is -22.6. The Morgan fingerprint density at radius 2 is 0.894 bits per heavy atom. The van der Waals surface area contributed by atoms with Gasteiger partial charge in [-0.3, -0.25) is 0 Å². The summed E-state index contributed by atoms with van der Waals surface area (Å²) in [5.74, 6) is 0. The second-order valence-electron chi connectivity index (χ2n) is 10.4. The summed E-state index contributed by atoms with van der Waals surface area (Å²) in [6.45, 7) is 0. The van der Waals surface area contributed by atoms with Crippen molar-refractivity contribution in [1.29, 1.82) is 0 Å². The third-order valence-electron chi connectivity index (χ3n) is 7.91. The van der Waals surface area contributed by atoms with Gasteiger partial charge in [-0.2, -0.15) is 0 Å². The third-order valence-corrected chi connectivity index (χ3v) is 7.91. The van der Waals surface area contributed by atoms with E-state index < -0.39 is 262 Å². The molecule has 0 aliphatic carbocycles. The van der Waals surface area contributed by atoms with Gasteiger partial charge in [0.1, 0.15) is 11.2 Å². The van der Waals surface area contributed by atoms with Crippen LogP contribution < -0.4 is 0 Å². The fourth-order valence-electron chi connectivity index (χ4n) is 5.97. The predicted molar refractivity (Wildman–Crippen MR) is 200 cm³/mol. The lowest BCUT2D eigenvalue weighted by molar-refractivity contribution is 0.673. The molecule has 0 amide bonds. The quantitative estimate of drug-likeness (QED) is 0.178. The second kappa shape index (κ2) is 10.2. The fourth-order valence-corrected chi connectivity index (χ4v) is 5.97. The maximum Gasteiger partial charge on any atom is 0.143 e. The van der Waals surface area contributed by atoms with E-state index in [9.17, 15) is 13.7 Å². The minimum Gasteiger partial charge on any atom is -0.455 e. The highest BCUT2D eigenvalue weighted by Gasteiger charge is 2.19. The van der Waals surface area contributed by atoms with Gasteiger partial charge in [-0.15, -0.1) is 0 Å². The van der Waals surface area contributed by atoms with Crippen LogP contribution in [-0.2, 0) is 0 Å². The standard InChI is InChI=1S/C46H28O/c1-3-17-33-29(12-1)14-10-24-36(33)44-39-21-7-5-19-37(39)43(38-20-6-8-22-40(38)44)32-16-9-15-31(28-32)34-23-11-25-42-45(34)41-27-26-30-13-2-4-18-35(30)46(41)47-42/h1-28H/i1D,2D,3D,4D,5D,6D,7D,8D,9D,10D,11D,12D,13D,14D,15D,16D,17D,18D,19D,20D,21D,22D,23D,24D,25D,26D,27D. The van der Waals surface area contributed by atoms with Crippen LogP contribution >= 0.6 is 0 Å². The zero-order valence-electron chi connectivity index (χ0n) is 50.5. The Morgan fingerprint density at radius 1 is 0.362 bits per heavy atom. The Balaban J connectivity index is 1.49. The Hall–Kier alpha value is -6.18. The molecule has 10 rings (SSSR count). The number of furan rings is 1. The number of benzene rings is 9. The zero-order chi connectivity index (χ0) is 54.4. The summed E-state index contributed by atoms with van der Waals surface area (Å²) in [5, 5.41) is -5.63. The van der Waals surface area contributed by atoms with E-state index in [2.05, 4.69) is 0 Å². The van der Waals surface area contributed by atoms with Crippen LogP contribution in [0.2, 0.25) is 0 Å². The summed E-state index contributed by atoms with van der Waals surface area (Å²) in [7, 11) is 0. The average Bonchev–Trinajstić information content (AvgIpc) is 3.77. The van der Waals surface area contributed by atoms with Crippen LogP contribution in [0.3, 0.4) is 0 Å². The molecule has 0 radical (unpaired) electrons. The molecule has 0 aliphatic rings. The van der Waals surface area contributed by atoms with Crippen molar-refractivity contribution in [3.8, 4) is 33.4 Å². The van der Waals surface area contributed by atoms with Gasteiger partial charge in [-0.1, -0.05) is 151 Å². The Morgan fingerprint density at radius 3 is 1.64 bits per heavy atom. The van der Waals surface area contributed by atoms with Gasteiger partial charge in [0, 0.05) is 16.2 Å². The molecule has 1 heterocycles. The van der Waals surface area contributed by atoms with Crippen molar-refractivity contribution >= 4 is 65.0 Å². The zero-order valence-corrected chi connectivity index (χ0v) is 23.5. The molecule has 10 aromatic rings. The molecule has 0 saturated carbocycles. The number of hydrogen-bond donors (Lipinski definition) is 0. The Bertz CT molecular complexity index is 4300. The van der Waals surface area contributed by atoms with Gasteiger partial charge >= 0.3 is 0 Å². The summed E-state index contributed by atoms with van der Waals surface area (Å²) in [6.07, 6.45) is 0. The molecule has 1 aromatic heterocycles. The van der Waals surface area contributed by atoms with Gasteiger partial charge in [-0.25, -0.2) is 0 Å². The van der Waals surface area contributed by atoms with Crippen molar-refractivity contribution in [1.82, 2.24) is 0 Å². The maximum atomic E-state index is 9.48. The van der Waals surface area contributed by atoms with Gasteiger partial charge in [0.15, 0.2) is 0 Å². The molecule has 0 unspecified atom stereocenters. The van der Waals surface area contributed by atoms with E-state index >= 15 is 0 Å². The predicted octanol–water partition coefficient (Wildman–Crippen LogP) is 13.2. The minimum absolute atomic E-state index is 0.406. The first-order valence-corrected chi connectivity index (χ1v) is 14.0. The van der Waals surface area contributed by atoms with Crippen molar-refractivity contribution in [2.75, 3.05) is 0 Å². The molecule has 0 saturated heterocycles. The fraction of sp³-hybridized carbons (Fsp3) is 0. The number of fused-ring (bicyclic) bond motifs is 8. The highest BCUT2D eigenvalue weighted by molar-refractivity contribution is 6.24. The number of hydrogen-bond acceptors (Lipinski definition) is 1. The molecule has 1 heteroatoms. The number of rotatable bonds is 3. The van der Waals surface area contributed by atoms with Crippen LogP contribution in [-0.4, -0.2) is 0 Å². The van der Waals surface area contributed by atoms with Crippen molar-refractivity contribution in [2.24, 2.45) is 0 Å². The molecule has 0 N–H and O–H groups in total. The first kappa shape index (κ1) is 11.0. The highest BCUT2D eigenvalue weighted by atomic mass is 16.3. The van der Waals surface area contributed by atoms with E-state index in [0.29, 0.717) is 0 Å². The van der Waals surface area contributed by atoms with Gasteiger partial charge in [0.25, 0.3) is 0 Å². The molecule has 218 valence electrons. The normalized spacial score (nSPS) is 19.9.